The Labute approximate surface area is 126 Å². The molecule has 1 aromatic rings. The molecule has 5 nitrogen and oxygen atoms in total. The van der Waals surface area contributed by atoms with Crippen molar-refractivity contribution in [1.29, 1.82) is 0 Å². The zero-order valence-electron chi connectivity index (χ0n) is 13.3. The van der Waals surface area contributed by atoms with Crippen LogP contribution in [-0.4, -0.2) is 29.0 Å². The number of carbonyl (C=O) groups excluding carboxylic acids is 2. The smallest absolute Gasteiger partial charge is 0.410 e. The summed E-state index contributed by atoms with van der Waals surface area (Å²) < 4.78 is 5.39. The van der Waals surface area contributed by atoms with Gasteiger partial charge in [-0.05, 0) is 39.8 Å². The van der Waals surface area contributed by atoms with Gasteiger partial charge in [-0.15, -0.1) is 0 Å². The van der Waals surface area contributed by atoms with Gasteiger partial charge in [0.2, 0.25) is 5.91 Å². The summed E-state index contributed by atoms with van der Waals surface area (Å²) >= 11 is 0. The molecular formula is C16H24N2O3. The molecule has 5 heteroatoms. The number of amides is 2. The topological polar surface area (TPSA) is 58.6 Å². The molecule has 0 heterocycles. The fourth-order valence-corrected chi connectivity index (χ4v) is 2.06. The van der Waals surface area contributed by atoms with Crippen LogP contribution in [0.2, 0.25) is 0 Å². The molecule has 0 bridgehead atoms. The van der Waals surface area contributed by atoms with E-state index in [1.807, 2.05) is 27.7 Å². The molecule has 1 aromatic carbocycles. The van der Waals surface area contributed by atoms with Crippen LogP contribution < -0.4 is 10.1 Å². The third kappa shape index (κ3) is 5.10. The lowest BCUT2D eigenvalue weighted by Gasteiger charge is -2.29. The number of hydrogen-bond donors (Lipinski definition) is 1. The molecule has 0 saturated carbocycles. The first-order chi connectivity index (χ1) is 9.85. The summed E-state index contributed by atoms with van der Waals surface area (Å²) in [6.07, 6.45) is 0.0114. The second-order valence-corrected chi connectivity index (χ2v) is 5.39. The summed E-state index contributed by atoms with van der Waals surface area (Å²) in [5, 5.41) is 2.74. The second kappa shape index (κ2) is 7.67. The second-order valence-electron chi connectivity index (χ2n) is 5.39. The largest absolute Gasteiger partial charge is 0.415 e. The molecule has 2 amide bonds. The molecule has 21 heavy (non-hydrogen) atoms. The normalized spacial score (nSPS) is 10.6. The lowest BCUT2D eigenvalue weighted by Crippen LogP contribution is -2.43. The third-order valence-electron chi connectivity index (χ3n) is 2.97. The maximum absolute atomic E-state index is 12.2. The molecule has 0 spiro atoms. The number of benzene rings is 1. The van der Waals surface area contributed by atoms with Crippen molar-refractivity contribution in [3.63, 3.8) is 0 Å². The highest BCUT2D eigenvalue weighted by atomic mass is 16.6. The first-order valence-corrected chi connectivity index (χ1v) is 7.25. The van der Waals surface area contributed by atoms with Gasteiger partial charge in [0.15, 0.2) is 0 Å². The summed E-state index contributed by atoms with van der Waals surface area (Å²) in [6.45, 7) is 9.55. The van der Waals surface area contributed by atoms with Crippen molar-refractivity contribution >= 4 is 17.7 Å². The fourth-order valence-electron chi connectivity index (χ4n) is 2.06. The molecule has 1 rings (SSSR count). The Morgan fingerprint density at radius 1 is 1.19 bits per heavy atom. The number of nitrogens with zero attached hydrogens (tertiary/aromatic N) is 1. The van der Waals surface area contributed by atoms with E-state index in [9.17, 15) is 9.59 Å². The van der Waals surface area contributed by atoms with Gasteiger partial charge < -0.3 is 15.0 Å². The van der Waals surface area contributed by atoms with Crippen LogP contribution >= 0.6 is 0 Å². The molecule has 116 valence electrons. The molecule has 0 saturated heterocycles. The minimum absolute atomic E-state index is 0.0560. The van der Waals surface area contributed by atoms with E-state index in [-0.39, 0.29) is 24.1 Å². The van der Waals surface area contributed by atoms with E-state index in [1.54, 1.807) is 36.1 Å². The zero-order valence-corrected chi connectivity index (χ0v) is 13.3. The van der Waals surface area contributed by atoms with E-state index in [0.717, 1.165) is 0 Å². The average molecular weight is 292 g/mol. The Balaban J connectivity index is 2.80. The van der Waals surface area contributed by atoms with Gasteiger partial charge in [0.1, 0.15) is 5.75 Å². The first kappa shape index (κ1) is 17.0. The third-order valence-corrected chi connectivity index (χ3v) is 2.97. The monoisotopic (exact) mass is 292 g/mol. The van der Waals surface area contributed by atoms with Gasteiger partial charge in [0.05, 0.1) is 0 Å². The van der Waals surface area contributed by atoms with Crippen molar-refractivity contribution in [2.45, 2.75) is 53.1 Å². The molecule has 0 aliphatic rings. The van der Waals surface area contributed by atoms with E-state index in [0.29, 0.717) is 17.9 Å². The van der Waals surface area contributed by atoms with Crippen LogP contribution in [0.4, 0.5) is 10.5 Å². The van der Waals surface area contributed by atoms with Crippen LogP contribution in [0.15, 0.2) is 24.3 Å². The summed E-state index contributed by atoms with van der Waals surface area (Å²) in [4.78, 5) is 25.2. The maximum Gasteiger partial charge on any atom is 0.415 e. The quantitative estimate of drug-likeness (QED) is 0.901. The molecule has 1 N–H and O–H groups in total. The van der Waals surface area contributed by atoms with Crippen LogP contribution in [-0.2, 0) is 4.79 Å². The Hall–Kier alpha value is -2.04. The maximum atomic E-state index is 12.2. The molecule has 0 aliphatic carbocycles. The number of nitrogens with one attached hydrogen (secondary N) is 1. The van der Waals surface area contributed by atoms with Gasteiger partial charge in [-0.25, -0.2) is 4.79 Å². The number of anilines is 1. The van der Waals surface area contributed by atoms with Crippen LogP contribution in [0.5, 0.6) is 5.75 Å². The predicted molar refractivity (Wildman–Crippen MR) is 83.5 cm³/mol. The molecule has 0 aliphatic heterocycles. The number of hydrogen-bond acceptors (Lipinski definition) is 3. The van der Waals surface area contributed by atoms with E-state index >= 15 is 0 Å². The Morgan fingerprint density at radius 2 is 1.81 bits per heavy atom. The molecule has 0 unspecified atom stereocenters. The molecule has 0 radical (unpaired) electrons. The van der Waals surface area contributed by atoms with Gasteiger partial charge in [-0.3, -0.25) is 4.79 Å². The van der Waals surface area contributed by atoms with Gasteiger partial charge in [-0.2, -0.15) is 0 Å². The van der Waals surface area contributed by atoms with E-state index in [4.69, 9.17) is 4.74 Å². The predicted octanol–water partition coefficient (Wildman–Crippen LogP) is 3.65. The van der Waals surface area contributed by atoms with E-state index < -0.39 is 0 Å². The van der Waals surface area contributed by atoms with Gasteiger partial charge in [0.25, 0.3) is 0 Å². The minimum atomic E-state index is -0.390. The first-order valence-electron chi connectivity index (χ1n) is 7.25. The highest BCUT2D eigenvalue weighted by Gasteiger charge is 2.22. The summed E-state index contributed by atoms with van der Waals surface area (Å²) in [5.74, 6) is 0.338. The highest BCUT2D eigenvalue weighted by molar-refractivity contribution is 5.90. The number of rotatable bonds is 5. The van der Waals surface area contributed by atoms with Crippen molar-refractivity contribution in [2.75, 3.05) is 5.32 Å². The summed E-state index contributed by atoms with van der Waals surface area (Å²) in [7, 11) is 0. The van der Waals surface area contributed by atoms with Crippen molar-refractivity contribution in [3.8, 4) is 5.75 Å². The fraction of sp³-hybridized carbons (Fsp3) is 0.500. The average Bonchev–Trinajstić information content (AvgIpc) is 2.37. The van der Waals surface area contributed by atoms with E-state index in [1.165, 1.54) is 0 Å². The molecule has 0 aromatic heterocycles. The lowest BCUT2D eigenvalue weighted by atomic mass is 10.2. The van der Waals surface area contributed by atoms with Crippen LogP contribution in [0.1, 0.15) is 41.0 Å². The number of ether oxygens (including phenoxy) is 1. The summed E-state index contributed by atoms with van der Waals surface area (Å²) in [6, 6.07) is 6.94. The Bertz CT molecular complexity index is 490. The van der Waals surface area contributed by atoms with Crippen LogP contribution in [0, 0.1) is 0 Å². The van der Waals surface area contributed by atoms with Crippen molar-refractivity contribution in [3.05, 3.63) is 24.3 Å². The van der Waals surface area contributed by atoms with Gasteiger partial charge in [0, 0.05) is 30.3 Å². The highest BCUT2D eigenvalue weighted by Crippen LogP contribution is 2.19. The number of carbonyl (C=O) groups is 2. The minimum Gasteiger partial charge on any atom is -0.410 e. The van der Waals surface area contributed by atoms with Crippen LogP contribution in [0.25, 0.3) is 0 Å². The standard InChI is InChI=1S/C16H24N2O3/c1-6-15(19)17-13-8-7-9-14(10-13)21-16(20)18(11(2)3)12(4)5/h7-12H,6H2,1-5H3,(H,17,19). The van der Waals surface area contributed by atoms with Crippen molar-refractivity contribution < 1.29 is 14.3 Å². The molecular weight excluding hydrogens is 268 g/mol. The Morgan fingerprint density at radius 3 is 2.33 bits per heavy atom. The zero-order chi connectivity index (χ0) is 16.0. The Kier molecular flexibility index (Phi) is 6.21. The van der Waals surface area contributed by atoms with Crippen molar-refractivity contribution in [2.24, 2.45) is 0 Å². The van der Waals surface area contributed by atoms with E-state index in [2.05, 4.69) is 5.32 Å². The van der Waals surface area contributed by atoms with Gasteiger partial charge in [-0.1, -0.05) is 13.0 Å². The lowest BCUT2D eigenvalue weighted by molar-refractivity contribution is -0.115. The summed E-state index contributed by atoms with van der Waals surface area (Å²) in [5.41, 5.74) is 0.618. The van der Waals surface area contributed by atoms with Gasteiger partial charge >= 0.3 is 6.09 Å². The molecule has 0 atom stereocenters. The van der Waals surface area contributed by atoms with Crippen LogP contribution in [0.3, 0.4) is 0 Å². The SMILES string of the molecule is CCC(=O)Nc1cccc(OC(=O)N(C(C)C)C(C)C)c1. The van der Waals surface area contributed by atoms with Crippen molar-refractivity contribution in [1.82, 2.24) is 4.90 Å². The molecule has 0 fully saturated rings.